The van der Waals surface area contributed by atoms with Crippen molar-refractivity contribution in [3.63, 3.8) is 0 Å². The summed E-state index contributed by atoms with van der Waals surface area (Å²) in [6.07, 6.45) is 3.60. The minimum Gasteiger partial charge on any atom is -0.323 e. The highest BCUT2D eigenvalue weighted by molar-refractivity contribution is 6.31. The van der Waals surface area contributed by atoms with Gasteiger partial charge >= 0.3 is 0 Å². The number of halogens is 2. The molecule has 6 nitrogen and oxygen atoms in total. The molecule has 0 radical (unpaired) electrons. The molecule has 0 aliphatic heterocycles. The molecule has 0 spiro atoms. The van der Waals surface area contributed by atoms with E-state index in [0.717, 1.165) is 17.0 Å². The van der Waals surface area contributed by atoms with Crippen molar-refractivity contribution in [3.8, 4) is 0 Å². The minimum atomic E-state index is -0.272. The molecule has 0 aliphatic rings. The molecule has 0 fully saturated rings. The van der Waals surface area contributed by atoms with Gasteiger partial charge in [-0.05, 0) is 31.5 Å². The molecule has 0 atom stereocenters. The van der Waals surface area contributed by atoms with Gasteiger partial charge in [-0.1, -0.05) is 23.7 Å². The summed E-state index contributed by atoms with van der Waals surface area (Å²) in [5, 5.41) is 12.0. The Morgan fingerprint density at radius 1 is 1.27 bits per heavy atom. The number of hydrogen-bond donors (Lipinski definition) is 1. The topological polar surface area (TPSA) is 64.7 Å². The summed E-state index contributed by atoms with van der Waals surface area (Å²) in [7, 11) is 0. The Labute approximate surface area is 155 Å². The van der Waals surface area contributed by atoms with Crippen molar-refractivity contribution < 1.29 is 9.18 Å². The second-order valence-corrected chi connectivity index (χ2v) is 6.44. The van der Waals surface area contributed by atoms with Crippen LogP contribution in [0.4, 0.5) is 10.1 Å². The minimum absolute atomic E-state index is 0.130. The highest BCUT2D eigenvalue weighted by Gasteiger charge is 2.11. The first-order valence-electron chi connectivity index (χ1n) is 8.18. The third-order valence-electron chi connectivity index (χ3n) is 4.02. The van der Waals surface area contributed by atoms with Gasteiger partial charge in [-0.15, -0.1) is 0 Å². The molecule has 0 saturated carbocycles. The molecule has 3 aromatic rings. The summed E-state index contributed by atoms with van der Waals surface area (Å²) in [5.74, 6) is -0.402. The number of carbonyl (C=O) groups excluding carboxylic acids is 1. The van der Waals surface area contributed by atoms with Crippen LogP contribution < -0.4 is 5.32 Å². The van der Waals surface area contributed by atoms with Crippen LogP contribution in [0, 0.1) is 19.7 Å². The normalized spacial score (nSPS) is 10.9. The van der Waals surface area contributed by atoms with E-state index >= 15 is 0 Å². The first-order valence-corrected chi connectivity index (χ1v) is 8.56. The van der Waals surface area contributed by atoms with Crippen LogP contribution in [0.5, 0.6) is 0 Å². The van der Waals surface area contributed by atoms with Crippen LogP contribution in [0.25, 0.3) is 0 Å². The van der Waals surface area contributed by atoms with Gasteiger partial charge in [0.05, 0.1) is 41.4 Å². The lowest BCUT2D eigenvalue weighted by molar-refractivity contribution is -0.116. The number of rotatable bonds is 6. The van der Waals surface area contributed by atoms with Gasteiger partial charge in [-0.3, -0.25) is 14.2 Å². The van der Waals surface area contributed by atoms with Crippen LogP contribution in [0.2, 0.25) is 5.02 Å². The molecule has 2 aromatic heterocycles. The third kappa shape index (κ3) is 4.29. The number of carbonyl (C=O) groups is 1. The maximum atomic E-state index is 12.9. The molecule has 2 heterocycles. The van der Waals surface area contributed by atoms with Crippen molar-refractivity contribution in [1.29, 1.82) is 0 Å². The van der Waals surface area contributed by atoms with Crippen molar-refractivity contribution >= 4 is 23.2 Å². The number of hydrogen-bond acceptors (Lipinski definition) is 3. The number of nitrogens with one attached hydrogen (secondary N) is 1. The van der Waals surface area contributed by atoms with E-state index in [4.69, 9.17) is 11.6 Å². The second kappa shape index (κ2) is 7.70. The van der Waals surface area contributed by atoms with Gasteiger partial charge < -0.3 is 5.32 Å². The summed E-state index contributed by atoms with van der Waals surface area (Å²) in [6, 6.07) is 6.23. The average Bonchev–Trinajstić information content (AvgIpc) is 3.15. The first-order chi connectivity index (χ1) is 12.4. The van der Waals surface area contributed by atoms with Gasteiger partial charge in [0.15, 0.2) is 0 Å². The highest BCUT2D eigenvalue weighted by atomic mass is 35.5. The Morgan fingerprint density at radius 3 is 2.65 bits per heavy atom. The average molecular weight is 376 g/mol. The zero-order valence-electron chi connectivity index (χ0n) is 14.5. The summed E-state index contributed by atoms with van der Waals surface area (Å²) in [6.45, 7) is 4.66. The molecule has 136 valence electrons. The van der Waals surface area contributed by atoms with Crippen molar-refractivity contribution in [3.05, 3.63) is 64.5 Å². The van der Waals surface area contributed by atoms with E-state index < -0.39 is 0 Å². The van der Waals surface area contributed by atoms with Crippen molar-refractivity contribution in [2.75, 3.05) is 5.32 Å². The van der Waals surface area contributed by atoms with Crippen LogP contribution >= 0.6 is 11.6 Å². The van der Waals surface area contributed by atoms with E-state index in [0.29, 0.717) is 23.8 Å². The van der Waals surface area contributed by atoms with Crippen LogP contribution in [-0.2, 0) is 17.9 Å². The molecule has 0 saturated heterocycles. The summed E-state index contributed by atoms with van der Waals surface area (Å²) < 4.78 is 16.3. The van der Waals surface area contributed by atoms with E-state index in [-0.39, 0.29) is 18.1 Å². The zero-order valence-corrected chi connectivity index (χ0v) is 15.3. The SMILES string of the molecule is Cc1nn(CCC(=O)Nc2cnn(Cc3ccc(F)cc3)c2)c(C)c1Cl. The predicted octanol–water partition coefficient (Wildman–Crippen LogP) is 3.57. The van der Waals surface area contributed by atoms with Gasteiger partial charge in [0, 0.05) is 12.6 Å². The number of aryl methyl sites for hydroxylation is 2. The fourth-order valence-corrected chi connectivity index (χ4v) is 2.75. The van der Waals surface area contributed by atoms with E-state index in [1.54, 1.807) is 33.9 Å². The molecule has 3 rings (SSSR count). The van der Waals surface area contributed by atoms with E-state index in [9.17, 15) is 9.18 Å². The molecule has 0 unspecified atom stereocenters. The molecule has 26 heavy (non-hydrogen) atoms. The van der Waals surface area contributed by atoms with Crippen LogP contribution in [0.1, 0.15) is 23.4 Å². The summed E-state index contributed by atoms with van der Waals surface area (Å²) in [5.41, 5.74) is 3.15. The molecule has 1 aromatic carbocycles. The van der Waals surface area contributed by atoms with Crippen LogP contribution in [-0.4, -0.2) is 25.5 Å². The summed E-state index contributed by atoms with van der Waals surface area (Å²) in [4.78, 5) is 12.1. The number of amides is 1. The Morgan fingerprint density at radius 2 is 2.00 bits per heavy atom. The van der Waals surface area contributed by atoms with Gasteiger partial charge in [0.1, 0.15) is 5.82 Å². The van der Waals surface area contributed by atoms with Crippen LogP contribution in [0.3, 0.4) is 0 Å². The Bertz CT molecular complexity index is 916. The molecule has 1 amide bonds. The fraction of sp³-hybridized carbons (Fsp3) is 0.278. The number of benzene rings is 1. The lowest BCUT2D eigenvalue weighted by Gasteiger charge is -2.05. The predicted molar refractivity (Wildman–Crippen MR) is 97.7 cm³/mol. The molecule has 0 bridgehead atoms. The maximum absolute atomic E-state index is 12.9. The quantitative estimate of drug-likeness (QED) is 0.716. The van der Waals surface area contributed by atoms with Crippen LogP contribution in [0.15, 0.2) is 36.7 Å². The second-order valence-electron chi connectivity index (χ2n) is 6.06. The molecule has 1 N–H and O–H groups in total. The number of anilines is 1. The molecular weight excluding hydrogens is 357 g/mol. The van der Waals surface area contributed by atoms with E-state index in [1.165, 1.54) is 12.1 Å². The van der Waals surface area contributed by atoms with Gasteiger partial charge in [0.25, 0.3) is 0 Å². The molecule has 8 heteroatoms. The first kappa shape index (κ1) is 18.1. The van der Waals surface area contributed by atoms with Gasteiger partial charge in [-0.25, -0.2) is 4.39 Å². The number of nitrogens with zero attached hydrogens (tertiary/aromatic N) is 4. The van der Waals surface area contributed by atoms with Gasteiger partial charge in [-0.2, -0.15) is 10.2 Å². The summed E-state index contributed by atoms with van der Waals surface area (Å²) >= 11 is 6.11. The third-order valence-corrected chi connectivity index (χ3v) is 4.57. The van der Waals surface area contributed by atoms with Crippen molar-refractivity contribution in [1.82, 2.24) is 19.6 Å². The lowest BCUT2D eigenvalue weighted by atomic mass is 10.2. The standard InChI is InChI=1S/C18H19ClFN5O/c1-12-18(19)13(2)25(23-12)8-7-17(26)22-16-9-21-24(11-16)10-14-3-5-15(20)6-4-14/h3-6,9,11H,7-8,10H2,1-2H3,(H,22,26). The van der Waals surface area contributed by atoms with E-state index in [1.807, 2.05) is 13.8 Å². The zero-order chi connectivity index (χ0) is 18.7. The van der Waals surface area contributed by atoms with Crippen molar-refractivity contribution in [2.45, 2.75) is 33.4 Å². The largest absolute Gasteiger partial charge is 0.323 e. The smallest absolute Gasteiger partial charge is 0.226 e. The molecule has 0 aliphatic carbocycles. The monoisotopic (exact) mass is 375 g/mol. The Balaban J connectivity index is 1.54. The Hall–Kier alpha value is -2.67. The highest BCUT2D eigenvalue weighted by Crippen LogP contribution is 2.19. The maximum Gasteiger partial charge on any atom is 0.226 e. The van der Waals surface area contributed by atoms with E-state index in [2.05, 4.69) is 15.5 Å². The lowest BCUT2D eigenvalue weighted by Crippen LogP contribution is -2.15. The van der Waals surface area contributed by atoms with Gasteiger partial charge in [0.2, 0.25) is 5.91 Å². The van der Waals surface area contributed by atoms with Crippen molar-refractivity contribution in [2.24, 2.45) is 0 Å². The molecular formula is C18H19ClFN5O. The fourth-order valence-electron chi connectivity index (χ4n) is 2.62. The number of aromatic nitrogens is 4. The Kier molecular flexibility index (Phi) is 5.37.